The van der Waals surface area contributed by atoms with Crippen LogP contribution in [0.3, 0.4) is 0 Å². The van der Waals surface area contributed by atoms with Crippen molar-refractivity contribution in [2.45, 2.75) is 32.6 Å². The van der Waals surface area contributed by atoms with Gasteiger partial charge in [0, 0.05) is 18.5 Å². The van der Waals surface area contributed by atoms with Gasteiger partial charge in [0.1, 0.15) is 5.78 Å². The Morgan fingerprint density at radius 3 is 2.72 bits per heavy atom. The molecule has 2 heteroatoms. The summed E-state index contributed by atoms with van der Waals surface area (Å²) in [6.45, 7) is 2.05. The Morgan fingerprint density at radius 1 is 1.33 bits per heavy atom. The van der Waals surface area contributed by atoms with Crippen molar-refractivity contribution in [1.82, 2.24) is 4.98 Å². The maximum Gasteiger partial charge on any atom is 0.142 e. The smallest absolute Gasteiger partial charge is 0.142 e. The molecule has 2 nitrogen and oxygen atoms in total. The summed E-state index contributed by atoms with van der Waals surface area (Å²) < 4.78 is 0. The number of pyridine rings is 1. The molecule has 1 aromatic heterocycles. The van der Waals surface area contributed by atoms with Crippen LogP contribution in [0.1, 0.15) is 30.5 Å². The molecule has 3 fully saturated rings. The van der Waals surface area contributed by atoms with Crippen LogP contribution in [0, 0.1) is 36.5 Å². The summed E-state index contributed by atoms with van der Waals surface area (Å²) in [5.74, 6) is 4.17. The third-order valence-electron chi connectivity index (χ3n) is 5.57. The van der Waals surface area contributed by atoms with E-state index >= 15 is 0 Å². The quantitative estimate of drug-likeness (QED) is 0.814. The summed E-state index contributed by atoms with van der Waals surface area (Å²) in [7, 11) is 0. The number of Topliss-reactive ketones (excluding diaryl/α,β-unsaturated/α-hetero) is 1. The van der Waals surface area contributed by atoms with Crippen LogP contribution in [0.5, 0.6) is 0 Å². The lowest BCUT2D eigenvalue weighted by Gasteiger charge is -2.08. The molecular weight excluding hydrogens is 222 g/mol. The van der Waals surface area contributed by atoms with Crippen LogP contribution in [-0.4, -0.2) is 10.8 Å². The number of rotatable bonds is 3. The molecule has 94 valence electrons. The zero-order valence-electron chi connectivity index (χ0n) is 10.8. The molecule has 3 aliphatic rings. The van der Waals surface area contributed by atoms with Crippen LogP contribution in [-0.2, 0) is 11.2 Å². The number of carbonyl (C=O) groups excluding carboxylic acids is 1. The Labute approximate surface area is 108 Å². The van der Waals surface area contributed by atoms with Crippen LogP contribution in [0.4, 0.5) is 0 Å². The highest BCUT2D eigenvalue weighted by atomic mass is 16.1. The minimum absolute atomic E-state index is 0.401. The van der Waals surface area contributed by atoms with E-state index in [0.717, 1.165) is 34.9 Å². The average molecular weight is 241 g/mol. The second-order valence-electron chi connectivity index (χ2n) is 6.42. The Bertz CT molecular complexity index is 494. The summed E-state index contributed by atoms with van der Waals surface area (Å²) in [5, 5.41) is 0. The fourth-order valence-corrected chi connectivity index (χ4v) is 4.74. The van der Waals surface area contributed by atoms with Crippen molar-refractivity contribution in [1.29, 1.82) is 0 Å². The molecule has 0 saturated heterocycles. The molecule has 2 bridgehead atoms. The predicted molar refractivity (Wildman–Crippen MR) is 69.0 cm³/mol. The first-order chi connectivity index (χ1) is 8.75. The van der Waals surface area contributed by atoms with Gasteiger partial charge < -0.3 is 0 Å². The zero-order chi connectivity index (χ0) is 12.3. The molecule has 0 spiro atoms. The van der Waals surface area contributed by atoms with Gasteiger partial charge in [-0.25, -0.2) is 0 Å². The summed E-state index contributed by atoms with van der Waals surface area (Å²) >= 11 is 0. The van der Waals surface area contributed by atoms with Crippen LogP contribution in [0.25, 0.3) is 0 Å². The molecule has 3 aliphatic carbocycles. The van der Waals surface area contributed by atoms with Crippen LogP contribution < -0.4 is 0 Å². The van der Waals surface area contributed by atoms with Gasteiger partial charge in [-0.2, -0.15) is 0 Å². The Kier molecular flexibility index (Phi) is 2.18. The minimum atomic E-state index is 0.401. The molecule has 4 rings (SSSR count). The van der Waals surface area contributed by atoms with Crippen LogP contribution in [0.2, 0.25) is 0 Å². The SMILES string of the molecule is Cc1cccnc1CC(=O)C1C2C3CCC(C3)C12. The second-order valence-corrected chi connectivity index (χ2v) is 6.42. The second kappa shape index (κ2) is 3.66. The first-order valence-corrected chi connectivity index (χ1v) is 7.19. The lowest BCUT2D eigenvalue weighted by atomic mass is 9.97. The Balaban J connectivity index is 1.48. The van der Waals surface area contributed by atoms with Gasteiger partial charge in [-0.15, -0.1) is 0 Å². The van der Waals surface area contributed by atoms with Gasteiger partial charge >= 0.3 is 0 Å². The largest absolute Gasteiger partial charge is 0.299 e. The molecule has 3 saturated carbocycles. The van der Waals surface area contributed by atoms with Gasteiger partial charge in [0.2, 0.25) is 0 Å². The molecule has 0 radical (unpaired) electrons. The maximum absolute atomic E-state index is 12.4. The molecule has 1 heterocycles. The average Bonchev–Trinajstić information content (AvgIpc) is 2.82. The third-order valence-corrected chi connectivity index (χ3v) is 5.57. The molecule has 0 aromatic carbocycles. The van der Waals surface area contributed by atoms with E-state index in [1.54, 1.807) is 6.20 Å². The highest BCUT2D eigenvalue weighted by molar-refractivity contribution is 5.86. The van der Waals surface area contributed by atoms with E-state index in [4.69, 9.17) is 0 Å². The van der Waals surface area contributed by atoms with Crippen molar-refractivity contribution in [3.63, 3.8) is 0 Å². The highest BCUT2D eigenvalue weighted by Crippen LogP contribution is 2.69. The molecule has 18 heavy (non-hydrogen) atoms. The van der Waals surface area contributed by atoms with Crippen LogP contribution >= 0.6 is 0 Å². The number of fused-ring (bicyclic) bond motifs is 5. The third kappa shape index (κ3) is 1.41. The lowest BCUT2D eigenvalue weighted by Crippen LogP contribution is -2.13. The molecule has 0 N–H and O–H groups in total. The van der Waals surface area contributed by atoms with E-state index in [0.29, 0.717) is 18.1 Å². The first-order valence-electron chi connectivity index (χ1n) is 7.19. The van der Waals surface area contributed by atoms with Gasteiger partial charge in [-0.3, -0.25) is 9.78 Å². The van der Waals surface area contributed by atoms with E-state index < -0.39 is 0 Å². The van der Waals surface area contributed by atoms with E-state index in [2.05, 4.69) is 4.98 Å². The maximum atomic E-state index is 12.4. The number of hydrogen-bond acceptors (Lipinski definition) is 2. The van der Waals surface area contributed by atoms with Crippen molar-refractivity contribution >= 4 is 5.78 Å². The number of hydrogen-bond donors (Lipinski definition) is 0. The summed E-state index contributed by atoms with van der Waals surface area (Å²) in [4.78, 5) is 16.8. The van der Waals surface area contributed by atoms with Crippen LogP contribution in [0.15, 0.2) is 18.3 Å². The normalized spacial score (nSPS) is 39.7. The van der Waals surface area contributed by atoms with Crippen molar-refractivity contribution in [2.24, 2.45) is 29.6 Å². The van der Waals surface area contributed by atoms with Crippen molar-refractivity contribution in [3.8, 4) is 0 Å². The monoisotopic (exact) mass is 241 g/mol. The summed E-state index contributed by atoms with van der Waals surface area (Å²) in [6.07, 6.45) is 6.55. The fourth-order valence-electron chi connectivity index (χ4n) is 4.74. The van der Waals surface area contributed by atoms with E-state index in [1.165, 1.54) is 19.3 Å². The molecule has 4 atom stereocenters. The molecule has 0 amide bonds. The van der Waals surface area contributed by atoms with Gasteiger partial charge in [0.15, 0.2) is 0 Å². The van der Waals surface area contributed by atoms with Gasteiger partial charge in [-0.1, -0.05) is 6.07 Å². The Hall–Kier alpha value is -1.18. The number of carbonyl (C=O) groups is 1. The number of aromatic nitrogens is 1. The predicted octanol–water partition coefficient (Wildman–Crippen LogP) is 2.79. The topological polar surface area (TPSA) is 30.0 Å². The van der Waals surface area contributed by atoms with E-state index in [1.807, 2.05) is 19.1 Å². The van der Waals surface area contributed by atoms with Gasteiger partial charge in [0.05, 0.1) is 5.69 Å². The Morgan fingerprint density at radius 2 is 2.06 bits per heavy atom. The van der Waals surface area contributed by atoms with E-state index in [-0.39, 0.29) is 0 Å². The number of aryl methyl sites for hydroxylation is 1. The summed E-state index contributed by atoms with van der Waals surface area (Å²) in [5.41, 5.74) is 2.14. The van der Waals surface area contributed by atoms with Gasteiger partial charge in [0.25, 0.3) is 0 Å². The van der Waals surface area contributed by atoms with Crippen molar-refractivity contribution in [3.05, 3.63) is 29.6 Å². The van der Waals surface area contributed by atoms with Crippen molar-refractivity contribution in [2.75, 3.05) is 0 Å². The van der Waals surface area contributed by atoms with E-state index in [9.17, 15) is 4.79 Å². The zero-order valence-corrected chi connectivity index (χ0v) is 10.8. The minimum Gasteiger partial charge on any atom is -0.299 e. The summed E-state index contributed by atoms with van der Waals surface area (Å²) in [6, 6.07) is 3.99. The number of ketones is 1. The molecular formula is C16H19NO. The number of nitrogens with zero attached hydrogens (tertiary/aromatic N) is 1. The first kappa shape index (κ1) is 10.7. The highest BCUT2D eigenvalue weighted by Gasteiger charge is 2.66. The van der Waals surface area contributed by atoms with Gasteiger partial charge in [-0.05, 0) is 61.5 Å². The van der Waals surface area contributed by atoms with Crippen molar-refractivity contribution < 1.29 is 4.79 Å². The standard InChI is InChI=1S/C16H19NO/c1-9-3-2-6-17-12(9)8-13(18)16-14-10-4-5-11(7-10)15(14)16/h2-3,6,10-11,14-16H,4-5,7-8H2,1H3. The molecule has 1 aromatic rings. The fraction of sp³-hybridized carbons (Fsp3) is 0.625. The lowest BCUT2D eigenvalue weighted by molar-refractivity contribution is -0.120. The molecule has 0 aliphatic heterocycles. The molecule has 4 unspecified atom stereocenters.